The minimum absolute atomic E-state index is 0.000283. The maximum absolute atomic E-state index is 13.8. The molecule has 13 nitrogen and oxygen atoms in total. The second-order valence-electron chi connectivity index (χ2n) is 9.92. The molecule has 0 spiro atoms. The summed E-state index contributed by atoms with van der Waals surface area (Å²) in [5.41, 5.74) is -0.667. The van der Waals surface area contributed by atoms with Gasteiger partial charge in [0.25, 0.3) is 11.8 Å². The summed E-state index contributed by atoms with van der Waals surface area (Å²) in [6, 6.07) is 14.3. The third kappa shape index (κ3) is 6.75. The van der Waals surface area contributed by atoms with Gasteiger partial charge in [-0.15, -0.1) is 0 Å². The Bertz CT molecular complexity index is 1830. The number of carbonyl (C=O) groups is 3. The molecular formula is C28H23ClF3N5O8S2. The summed E-state index contributed by atoms with van der Waals surface area (Å²) < 4.78 is 74.1. The van der Waals surface area contributed by atoms with Crippen LogP contribution in [0.15, 0.2) is 77.3 Å². The van der Waals surface area contributed by atoms with Crippen LogP contribution in [0.5, 0.6) is 0 Å². The van der Waals surface area contributed by atoms with E-state index in [-0.39, 0.29) is 21.6 Å². The third-order valence-corrected chi connectivity index (χ3v) is 9.09. The fraction of sp³-hybridized carbons (Fsp3) is 0.250. The van der Waals surface area contributed by atoms with Crippen LogP contribution in [0, 0.1) is 0 Å². The van der Waals surface area contributed by atoms with Crippen LogP contribution in [0.2, 0.25) is 4.34 Å². The van der Waals surface area contributed by atoms with Crippen molar-refractivity contribution in [3.05, 3.63) is 93.3 Å². The average molecular weight is 714 g/mol. The monoisotopic (exact) mass is 713 g/mol. The van der Waals surface area contributed by atoms with Crippen molar-refractivity contribution in [1.29, 1.82) is 0 Å². The maximum Gasteiger partial charge on any atom is 0.534 e. The number of nitrogen functional groups attached to an aromatic ring is 1. The highest BCUT2D eigenvalue weighted by Crippen LogP contribution is 2.41. The van der Waals surface area contributed by atoms with E-state index in [1.807, 2.05) is 0 Å². The fourth-order valence-corrected chi connectivity index (χ4v) is 6.43. The van der Waals surface area contributed by atoms with Crippen molar-refractivity contribution in [1.82, 2.24) is 15.2 Å². The van der Waals surface area contributed by atoms with Gasteiger partial charge in [0.1, 0.15) is 23.2 Å². The van der Waals surface area contributed by atoms with Gasteiger partial charge in [0.2, 0.25) is 0 Å². The molecule has 2 atom stereocenters. The van der Waals surface area contributed by atoms with Crippen LogP contribution in [0.3, 0.4) is 0 Å². The van der Waals surface area contributed by atoms with Gasteiger partial charge in [0.05, 0.1) is 6.04 Å². The molecule has 1 saturated heterocycles. The number of thiazole rings is 1. The molecule has 47 heavy (non-hydrogen) atoms. The molecule has 2 aliphatic rings. The Hall–Kier alpha value is -4.68. The topological polar surface area (TPSA) is 180 Å². The lowest BCUT2D eigenvalue weighted by Crippen LogP contribution is -2.72. The van der Waals surface area contributed by atoms with Crippen molar-refractivity contribution in [2.45, 2.75) is 36.5 Å². The molecule has 3 aromatic rings. The van der Waals surface area contributed by atoms with Gasteiger partial charge in [-0.3, -0.25) is 14.5 Å². The number of β-lactam (4-membered cyclic amide) rings is 1. The van der Waals surface area contributed by atoms with Crippen LogP contribution in [-0.2, 0) is 38.3 Å². The molecule has 0 bridgehead atoms. The number of carbonyl (C=O) groups excluding carboxylic acids is 3. The number of rotatable bonds is 10. The lowest BCUT2D eigenvalue weighted by Gasteiger charge is -2.49. The number of anilines is 1. The van der Waals surface area contributed by atoms with Crippen molar-refractivity contribution in [2.24, 2.45) is 5.16 Å². The number of hydrogen-bond donors (Lipinski definition) is 2. The summed E-state index contributed by atoms with van der Waals surface area (Å²) in [7, 11) is -5.10. The number of benzene rings is 2. The quantitative estimate of drug-likeness (QED) is 0.0787. The van der Waals surface area contributed by atoms with E-state index in [2.05, 4.69) is 19.6 Å². The normalized spacial score (nSPS) is 18.4. The lowest BCUT2D eigenvalue weighted by molar-refractivity contribution is -0.159. The lowest BCUT2D eigenvalue weighted by atomic mass is 9.85. The van der Waals surface area contributed by atoms with Gasteiger partial charge in [0.15, 0.2) is 28.4 Å². The van der Waals surface area contributed by atoms with E-state index in [1.165, 1.54) is 0 Å². The first-order chi connectivity index (χ1) is 22.2. The number of alkyl halides is 3. The van der Waals surface area contributed by atoms with Gasteiger partial charge in [-0.2, -0.15) is 21.6 Å². The van der Waals surface area contributed by atoms with Crippen LogP contribution in [0.1, 0.15) is 35.8 Å². The molecule has 5 rings (SSSR count). The number of nitrogens with zero attached hydrogens (tertiary/aromatic N) is 3. The Labute approximate surface area is 273 Å². The Morgan fingerprint density at radius 3 is 2.23 bits per heavy atom. The zero-order valence-electron chi connectivity index (χ0n) is 23.9. The number of esters is 1. The summed E-state index contributed by atoms with van der Waals surface area (Å²) in [4.78, 5) is 49.9. The fourth-order valence-electron chi connectivity index (χ4n) is 4.98. The number of amides is 2. The first-order valence-corrected chi connectivity index (χ1v) is 16.1. The highest BCUT2D eigenvalue weighted by atomic mass is 35.5. The first kappa shape index (κ1) is 33.7. The highest BCUT2D eigenvalue weighted by Gasteiger charge is 2.57. The molecule has 1 aromatic heterocycles. The van der Waals surface area contributed by atoms with E-state index >= 15 is 0 Å². The first-order valence-electron chi connectivity index (χ1n) is 13.5. The second-order valence-corrected chi connectivity index (χ2v) is 13.1. The molecule has 0 unspecified atom stereocenters. The van der Waals surface area contributed by atoms with Gasteiger partial charge in [0, 0.05) is 6.42 Å². The number of oxime groups is 1. The predicted molar refractivity (Wildman–Crippen MR) is 161 cm³/mol. The number of hydrogen-bond acceptors (Lipinski definition) is 12. The molecule has 0 aliphatic carbocycles. The maximum atomic E-state index is 13.8. The minimum atomic E-state index is -6.25. The molecule has 3 N–H and O–H groups in total. The molecule has 2 aliphatic heterocycles. The van der Waals surface area contributed by atoms with E-state index in [9.17, 15) is 36.0 Å². The van der Waals surface area contributed by atoms with Gasteiger partial charge < -0.3 is 24.8 Å². The molecule has 248 valence electrons. The van der Waals surface area contributed by atoms with Gasteiger partial charge >= 0.3 is 21.6 Å². The highest BCUT2D eigenvalue weighted by molar-refractivity contribution is 7.87. The summed E-state index contributed by atoms with van der Waals surface area (Å²) in [5.74, 6) is -4.24. The molecule has 1 fully saturated rings. The predicted octanol–water partition coefficient (Wildman–Crippen LogP) is 3.63. The molecule has 3 heterocycles. The number of allylic oxidation sites excluding steroid dienone is 1. The van der Waals surface area contributed by atoms with Crippen molar-refractivity contribution >= 4 is 61.7 Å². The number of aromatic nitrogens is 1. The van der Waals surface area contributed by atoms with Crippen LogP contribution in [0.25, 0.3) is 0 Å². The average Bonchev–Trinajstić information content (AvgIpc) is 3.37. The molecule has 2 amide bonds. The summed E-state index contributed by atoms with van der Waals surface area (Å²) in [6.45, 7) is 0. The van der Waals surface area contributed by atoms with E-state index < -0.39 is 75.2 Å². The molecular weight excluding hydrogens is 691 g/mol. The molecule has 19 heteroatoms. The van der Waals surface area contributed by atoms with Crippen molar-refractivity contribution < 1.29 is 49.7 Å². The standard InChI is InChI=1S/C28H23ClF3N5O8S2/c1-43-36-20(19-23(29)46-27(33)35-19)24(38)34-18-16-12-13-17(45-47(41,42)28(30,31)32)21(37(16)25(18)39)26(40)44-22(14-8-4-2-5-9-14)15-10-6-3-7-11-15/h2-11,16,18,22H,12-13H2,1H3,(H2,33,35)(H,34,38)/b36-20-/t16-,18+/m1/s1. The second kappa shape index (κ2) is 13.2. The van der Waals surface area contributed by atoms with Crippen LogP contribution in [-0.4, -0.2) is 66.5 Å². The molecule has 2 aromatic carbocycles. The van der Waals surface area contributed by atoms with Gasteiger partial charge in [-0.05, 0) is 17.5 Å². The Morgan fingerprint density at radius 2 is 1.72 bits per heavy atom. The number of halogens is 4. The summed E-state index contributed by atoms with van der Waals surface area (Å²) in [6.07, 6.45) is -1.87. The van der Waals surface area contributed by atoms with Crippen LogP contribution in [0.4, 0.5) is 18.3 Å². The van der Waals surface area contributed by atoms with Gasteiger partial charge in [-0.1, -0.05) is 88.8 Å². The Morgan fingerprint density at radius 1 is 1.13 bits per heavy atom. The molecule has 0 radical (unpaired) electrons. The van der Waals surface area contributed by atoms with Crippen LogP contribution >= 0.6 is 22.9 Å². The molecule has 0 saturated carbocycles. The smallest absolute Gasteiger partial charge is 0.448 e. The Kier molecular flexibility index (Phi) is 9.46. The Balaban J connectivity index is 1.48. The summed E-state index contributed by atoms with van der Waals surface area (Å²) >= 11 is 6.96. The number of nitrogens with two attached hydrogens (primary N) is 1. The number of ether oxygens (including phenoxy) is 1. The zero-order valence-corrected chi connectivity index (χ0v) is 26.3. The number of nitrogens with one attached hydrogen (secondary N) is 1. The SMILES string of the molecule is CO/N=C(\C(=O)N[C@@H]1C(=O)N2C(C(=O)OC(c3ccccc3)c3ccccc3)=C(OS(=O)(=O)C(F)(F)F)CC[C@H]12)c1nc(N)sc1Cl. The van der Waals surface area contributed by atoms with E-state index in [0.717, 1.165) is 23.3 Å². The van der Waals surface area contributed by atoms with Crippen molar-refractivity contribution in [3.63, 3.8) is 0 Å². The van der Waals surface area contributed by atoms with E-state index in [4.69, 9.17) is 26.9 Å². The van der Waals surface area contributed by atoms with Crippen molar-refractivity contribution in [2.75, 3.05) is 12.8 Å². The minimum Gasteiger partial charge on any atom is -0.448 e. The van der Waals surface area contributed by atoms with Gasteiger partial charge in [-0.25, -0.2) is 9.78 Å². The van der Waals surface area contributed by atoms with E-state index in [1.54, 1.807) is 60.7 Å². The van der Waals surface area contributed by atoms with Crippen LogP contribution < -0.4 is 11.1 Å². The summed E-state index contributed by atoms with van der Waals surface area (Å²) in [5, 5.41) is 6.07. The largest absolute Gasteiger partial charge is 0.534 e. The van der Waals surface area contributed by atoms with E-state index in [0.29, 0.717) is 11.1 Å². The third-order valence-electron chi connectivity index (χ3n) is 7.02. The number of fused-ring (bicyclic) bond motifs is 1. The zero-order chi connectivity index (χ0) is 34.1. The van der Waals surface area contributed by atoms with Crippen molar-refractivity contribution in [3.8, 4) is 0 Å².